The highest BCUT2D eigenvalue weighted by atomic mass is 79.9. The lowest BCUT2D eigenvalue weighted by atomic mass is 9.96. The maximum Gasteiger partial charge on any atom is 0.137 e. The van der Waals surface area contributed by atoms with Gasteiger partial charge in [0.1, 0.15) is 5.82 Å². The molecule has 0 bridgehead atoms. The summed E-state index contributed by atoms with van der Waals surface area (Å²) < 4.78 is 13.7. The van der Waals surface area contributed by atoms with Crippen molar-refractivity contribution < 1.29 is 4.39 Å². The molecule has 94 valence electrons. The van der Waals surface area contributed by atoms with E-state index in [1.165, 1.54) is 24.8 Å². The highest BCUT2D eigenvalue weighted by Crippen LogP contribution is 2.48. The minimum Gasteiger partial charge on any atom is -0.316 e. The lowest BCUT2D eigenvalue weighted by Crippen LogP contribution is -2.26. The molecule has 1 fully saturated rings. The van der Waals surface area contributed by atoms with Crippen molar-refractivity contribution in [3.05, 3.63) is 34.1 Å². The highest BCUT2D eigenvalue weighted by molar-refractivity contribution is 9.10. The fourth-order valence-electron chi connectivity index (χ4n) is 2.21. The molecule has 0 aliphatic heterocycles. The zero-order valence-corrected chi connectivity index (χ0v) is 11.8. The number of halogens is 2. The van der Waals surface area contributed by atoms with E-state index in [2.05, 4.69) is 28.2 Å². The first kappa shape index (κ1) is 13.0. The van der Waals surface area contributed by atoms with E-state index in [0.29, 0.717) is 9.89 Å². The highest BCUT2D eigenvalue weighted by Gasteiger charge is 2.41. The first-order chi connectivity index (χ1) is 8.15. The van der Waals surface area contributed by atoms with Gasteiger partial charge in [-0.25, -0.2) is 4.39 Å². The van der Waals surface area contributed by atoms with Gasteiger partial charge in [-0.15, -0.1) is 0 Å². The molecule has 0 saturated heterocycles. The van der Waals surface area contributed by atoms with Gasteiger partial charge in [-0.1, -0.05) is 13.0 Å². The number of hydrogen-bond donors (Lipinski definition) is 1. The molecule has 1 saturated carbocycles. The zero-order valence-electron chi connectivity index (χ0n) is 10.2. The summed E-state index contributed by atoms with van der Waals surface area (Å²) >= 11 is 3.25. The van der Waals surface area contributed by atoms with Crippen LogP contribution in [0.3, 0.4) is 0 Å². The van der Waals surface area contributed by atoms with E-state index >= 15 is 0 Å². The van der Waals surface area contributed by atoms with Gasteiger partial charge in [-0.05, 0) is 71.3 Å². The van der Waals surface area contributed by atoms with Gasteiger partial charge >= 0.3 is 0 Å². The molecule has 1 aliphatic carbocycles. The van der Waals surface area contributed by atoms with Crippen molar-refractivity contribution in [1.29, 1.82) is 0 Å². The molecule has 1 nitrogen and oxygen atoms in total. The molecule has 0 amide bonds. The Hall–Kier alpha value is -0.410. The number of hydrogen-bond acceptors (Lipinski definition) is 1. The SMILES string of the molecule is CCCNCC1(Cc2ccc(F)c(Br)c2)CC1. The standard InChI is InChI=1S/C14H19BrFN/c1-2-7-17-10-14(5-6-14)9-11-3-4-13(16)12(15)8-11/h3-4,8,17H,2,5-7,9-10H2,1H3. The van der Waals surface area contributed by atoms with Crippen LogP contribution >= 0.6 is 15.9 Å². The summed E-state index contributed by atoms with van der Waals surface area (Å²) in [6, 6.07) is 5.37. The quantitative estimate of drug-likeness (QED) is 0.785. The molecular weight excluding hydrogens is 281 g/mol. The first-order valence-electron chi connectivity index (χ1n) is 6.30. The summed E-state index contributed by atoms with van der Waals surface area (Å²) in [6.07, 6.45) is 4.82. The van der Waals surface area contributed by atoms with E-state index < -0.39 is 0 Å². The smallest absolute Gasteiger partial charge is 0.137 e. The van der Waals surface area contributed by atoms with E-state index in [9.17, 15) is 4.39 Å². The molecule has 0 unspecified atom stereocenters. The Morgan fingerprint density at radius 2 is 2.18 bits per heavy atom. The maximum atomic E-state index is 13.1. The molecule has 1 aliphatic rings. The zero-order chi connectivity index (χ0) is 12.3. The molecule has 2 rings (SSSR count). The van der Waals surface area contributed by atoms with Crippen molar-refractivity contribution in [2.45, 2.75) is 32.6 Å². The van der Waals surface area contributed by atoms with Gasteiger partial charge in [-0.2, -0.15) is 0 Å². The van der Waals surface area contributed by atoms with Gasteiger partial charge < -0.3 is 5.32 Å². The van der Waals surface area contributed by atoms with Crippen molar-refractivity contribution in [2.75, 3.05) is 13.1 Å². The largest absolute Gasteiger partial charge is 0.316 e. The average Bonchev–Trinajstić information content (AvgIpc) is 3.04. The van der Waals surface area contributed by atoms with Crippen LogP contribution in [0, 0.1) is 11.2 Å². The van der Waals surface area contributed by atoms with Crippen LogP contribution in [0.5, 0.6) is 0 Å². The molecular formula is C14H19BrFN. The van der Waals surface area contributed by atoms with Crippen LogP contribution in [-0.2, 0) is 6.42 Å². The van der Waals surface area contributed by atoms with Gasteiger partial charge in [0.05, 0.1) is 4.47 Å². The molecule has 1 aromatic carbocycles. The summed E-state index contributed by atoms with van der Waals surface area (Å²) in [5, 5.41) is 3.50. The molecule has 1 N–H and O–H groups in total. The number of rotatable bonds is 6. The second-order valence-electron chi connectivity index (χ2n) is 5.10. The van der Waals surface area contributed by atoms with Crippen molar-refractivity contribution in [3.8, 4) is 0 Å². The van der Waals surface area contributed by atoms with Gasteiger partial charge in [0, 0.05) is 6.54 Å². The maximum absolute atomic E-state index is 13.1. The van der Waals surface area contributed by atoms with Crippen LogP contribution in [0.25, 0.3) is 0 Å². The molecule has 0 aromatic heterocycles. The lowest BCUT2D eigenvalue weighted by Gasteiger charge is -2.16. The molecule has 0 atom stereocenters. The van der Waals surface area contributed by atoms with Gasteiger partial charge in [0.25, 0.3) is 0 Å². The average molecular weight is 300 g/mol. The third-order valence-corrected chi connectivity index (χ3v) is 4.05. The van der Waals surface area contributed by atoms with Crippen molar-refractivity contribution in [1.82, 2.24) is 5.32 Å². The monoisotopic (exact) mass is 299 g/mol. The summed E-state index contributed by atoms with van der Waals surface area (Å²) in [6.45, 7) is 4.37. The molecule has 3 heteroatoms. The molecule has 1 aromatic rings. The fourth-order valence-corrected chi connectivity index (χ4v) is 2.63. The summed E-state index contributed by atoms with van der Waals surface area (Å²) in [5.74, 6) is -0.178. The Morgan fingerprint density at radius 3 is 2.76 bits per heavy atom. The van der Waals surface area contributed by atoms with E-state index in [1.807, 2.05) is 12.1 Å². The Labute approximate surface area is 111 Å². The minimum absolute atomic E-state index is 0.178. The lowest BCUT2D eigenvalue weighted by molar-refractivity contribution is 0.455. The third-order valence-electron chi connectivity index (χ3n) is 3.45. The predicted octanol–water partition coefficient (Wildman–Crippen LogP) is 3.91. The summed E-state index contributed by atoms with van der Waals surface area (Å²) in [5.41, 5.74) is 1.67. The first-order valence-corrected chi connectivity index (χ1v) is 7.09. The Bertz CT molecular complexity index is 388. The minimum atomic E-state index is -0.178. The van der Waals surface area contributed by atoms with Gasteiger partial charge in [0.15, 0.2) is 0 Å². The van der Waals surface area contributed by atoms with Gasteiger partial charge in [-0.3, -0.25) is 0 Å². The Morgan fingerprint density at radius 1 is 1.41 bits per heavy atom. The predicted molar refractivity (Wildman–Crippen MR) is 72.6 cm³/mol. The normalized spacial score (nSPS) is 17.1. The molecule has 0 radical (unpaired) electrons. The third kappa shape index (κ3) is 3.52. The van der Waals surface area contributed by atoms with E-state index in [0.717, 1.165) is 19.5 Å². The summed E-state index contributed by atoms with van der Waals surface area (Å²) in [7, 11) is 0. The van der Waals surface area contributed by atoms with Crippen LogP contribution in [0.1, 0.15) is 31.7 Å². The molecule has 0 heterocycles. The summed E-state index contributed by atoms with van der Waals surface area (Å²) in [4.78, 5) is 0. The van der Waals surface area contributed by atoms with Crippen LogP contribution in [-0.4, -0.2) is 13.1 Å². The van der Waals surface area contributed by atoms with Crippen molar-refractivity contribution in [3.63, 3.8) is 0 Å². The topological polar surface area (TPSA) is 12.0 Å². The Kier molecular flexibility index (Phi) is 4.21. The van der Waals surface area contributed by atoms with E-state index in [1.54, 1.807) is 6.07 Å². The fraction of sp³-hybridized carbons (Fsp3) is 0.571. The second-order valence-corrected chi connectivity index (χ2v) is 5.96. The van der Waals surface area contributed by atoms with E-state index in [4.69, 9.17) is 0 Å². The van der Waals surface area contributed by atoms with Crippen LogP contribution in [0.4, 0.5) is 4.39 Å². The van der Waals surface area contributed by atoms with Crippen molar-refractivity contribution >= 4 is 15.9 Å². The molecule has 17 heavy (non-hydrogen) atoms. The van der Waals surface area contributed by atoms with Gasteiger partial charge in [0.2, 0.25) is 0 Å². The second kappa shape index (κ2) is 5.49. The van der Waals surface area contributed by atoms with Crippen LogP contribution in [0.2, 0.25) is 0 Å². The van der Waals surface area contributed by atoms with E-state index in [-0.39, 0.29) is 5.82 Å². The number of benzene rings is 1. The molecule has 0 spiro atoms. The van der Waals surface area contributed by atoms with Crippen molar-refractivity contribution in [2.24, 2.45) is 5.41 Å². The Balaban J connectivity index is 1.93. The van der Waals surface area contributed by atoms with Crippen LogP contribution < -0.4 is 5.32 Å². The van der Waals surface area contributed by atoms with Crippen LogP contribution in [0.15, 0.2) is 22.7 Å². The number of nitrogens with one attached hydrogen (secondary N) is 1.